The van der Waals surface area contributed by atoms with Crippen LogP contribution in [-0.2, 0) is 6.54 Å². The first kappa shape index (κ1) is 10.5. The van der Waals surface area contributed by atoms with Gasteiger partial charge in [-0.05, 0) is 20.8 Å². The van der Waals surface area contributed by atoms with E-state index < -0.39 is 0 Å². The minimum Gasteiger partial charge on any atom is -0.343 e. The van der Waals surface area contributed by atoms with Crippen molar-refractivity contribution in [1.29, 1.82) is 0 Å². The summed E-state index contributed by atoms with van der Waals surface area (Å²) in [4.78, 5) is 15.0. The third-order valence-electron chi connectivity index (χ3n) is 1.30. The number of hydrogen-bond donors (Lipinski definition) is 2. The predicted octanol–water partition coefficient (Wildman–Crippen LogP) is 0.667. The fourth-order valence-corrected chi connectivity index (χ4v) is 0.814. The lowest BCUT2D eigenvalue weighted by Crippen LogP contribution is -2.46. The summed E-state index contributed by atoms with van der Waals surface area (Å²) in [5.41, 5.74) is -0.249. The maximum absolute atomic E-state index is 11.2. The Bertz CT molecular complexity index is 289. The molecular weight excluding hydrogens is 184 g/mol. The molecule has 2 amide bonds. The van der Waals surface area contributed by atoms with Crippen LogP contribution in [0.4, 0.5) is 4.79 Å². The van der Waals surface area contributed by atoms with Crippen LogP contribution in [-0.4, -0.2) is 21.7 Å². The Kier molecular flexibility index (Phi) is 3.06. The van der Waals surface area contributed by atoms with Crippen LogP contribution in [0.25, 0.3) is 0 Å². The fraction of sp³-hybridized carbons (Fsp3) is 0.625. The first-order valence-electron chi connectivity index (χ1n) is 4.28. The van der Waals surface area contributed by atoms with E-state index in [9.17, 15) is 4.79 Å². The molecule has 0 fully saturated rings. The van der Waals surface area contributed by atoms with Crippen molar-refractivity contribution in [3.8, 4) is 0 Å². The van der Waals surface area contributed by atoms with Gasteiger partial charge in [-0.15, -0.1) is 0 Å². The summed E-state index contributed by atoms with van der Waals surface area (Å²) in [6, 6.07) is -0.248. The SMILES string of the molecule is CC(C)(C)NC(=O)NCc1ncon1. The molecule has 0 aliphatic rings. The second-order valence-corrected chi connectivity index (χ2v) is 3.91. The molecule has 6 nitrogen and oxygen atoms in total. The number of rotatable bonds is 2. The minimum absolute atomic E-state index is 0.248. The molecule has 0 aliphatic heterocycles. The van der Waals surface area contributed by atoms with Gasteiger partial charge in [-0.25, -0.2) is 4.79 Å². The largest absolute Gasteiger partial charge is 0.343 e. The Morgan fingerprint density at radius 2 is 2.29 bits per heavy atom. The van der Waals surface area contributed by atoms with Crippen LogP contribution in [0.1, 0.15) is 26.6 Å². The first-order valence-corrected chi connectivity index (χ1v) is 4.28. The summed E-state index contributed by atoms with van der Waals surface area (Å²) < 4.78 is 4.51. The summed E-state index contributed by atoms with van der Waals surface area (Å²) in [6.07, 6.45) is 1.22. The second kappa shape index (κ2) is 4.08. The Hall–Kier alpha value is -1.59. The van der Waals surface area contributed by atoms with Gasteiger partial charge in [0.25, 0.3) is 0 Å². The van der Waals surface area contributed by atoms with E-state index in [0.717, 1.165) is 0 Å². The van der Waals surface area contributed by atoms with Gasteiger partial charge in [0.2, 0.25) is 6.39 Å². The zero-order valence-corrected chi connectivity index (χ0v) is 8.50. The van der Waals surface area contributed by atoms with Crippen LogP contribution >= 0.6 is 0 Å². The minimum atomic E-state index is -0.249. The molecule has 0 atom stereocenters. The summed E-state index contributed by atoms with van der Waals surface area (Å²) in [7, 11) is 0. The molecule has 78 valence electrons. The lowest BCUT2D eigenvalue weighted by molar-refractivity contribution is 0.231. The summed E-state index contributed by atoms with van der Waals surface area (Å²) in [6.45, 7) is 5.97. The molecule has 0 aromatic carbocycles. The van der Waals surface area contributed by atoms with Crippen molar-refractivity contribution < 1.29 is 9.32 Å². The summed E-state index contributed by atoms with van der Waals surface area (Å²) in [5.74, 6) is 0.453. The lowest BCUT2D eigenvalue weighted by atomic mass is 10.1. The normalized spacial score (nSPS) is 11.1. The van der Waals surface area contributed by atoms with E-state index in [4.69, 9.17) is 0 Å². The lowest BCUT2D eigenvalue weighted by Gasteiger charge is -2.20. The van der Waals surface area contributed by atoms with Crippen LogP contribution in [0.3, 0.4) is 0 Å². The Labute approximate surface area is 82.1 Å². The van der Waals surface area contributed by atoms with Gasteiger partial charge in [0, 0.05) is 5.54 Å². The van der Waals surface area contributed by atoms with Crippen molar-refractivity contribution in [2.75, 3.05) is 0 Å². The summed E-state index contributed by atoms with van der Waals surface area (Å²) >= 11 is 0. The van der Waals surface area contributed by atoms with Gasteiger partial charge in [-0.2, -0.15) is 4.98 Å². The van der Waals surface area contributed by atoms with Crippen LogP contribution in [0.5, 0.6) is 0 Å². The number of amides is 2. The number of carbonyl (C=O) groups is 1. The van der Waals surface area contributed by atoms with Crippen molar-refractivity contribution in [3.05, 3.63) is 12.2 Å². The maximum Gasteiger partial charge on any atom is 0.315 e. The topological polar surface area (TPSA) is 80.0 Å². The molecule has 0 unspecified atom stereocenters. The third kappa shape index (κ3) is 3.88. The molecular formula is C8H14N4O2. The van der Waals surface area contributed by atoms with E-state index in [1.165, 1.54) is 6.39 Å². The van der Waals surface area contributed by atoms with E-state index in [1.807, 2.05) is 20.8 Å². The molecule has 0 aliphatic carbocycles. The standard InChI is InChI=1S/C8H14N4O2/c1-8(2,3)11-7(13)9-4-6-10-5-14-12-6/h5H,4H2,1-3H3,(H2,9,11,13). The Balaban J connectivity index is 2.29. The molecule has 0 bridgehead atoms. The first-order chi connectivity index (χ1) is 6.47. The third-order valence-corrected chi connectivity index (χ3v) is 1.30. The number of hydrogen-bond acceptors (Lipinski definition) is 4. The van der Waals surface area contributed by atoms with Crippen molar-refractivity contribution in [2.24, 2.45) is 0 Å². The zero-order valence-electron chi connectivity index (χ0n) is 8.50. The van der Waals surface area contributed by atoms with E-state index >= 15 is 0 Å². The van der Waals surface area contributed by atoms with Gasteiger partial charge in [0.15, 0.2) is 5.82 Å². The predicted molar refractivity (Wildman–Crippen MR) is 49.4 cm³/mol. The molecule has 1 rings (SSSR count). The number of nitrogens with zero attached hydrogens (tertiary/aromatic N) is 2. The molecule has 0 spiro atoms. The highest BCUT2D eigenvalue weighted by Gasteiger charge is 2.13. The van der Waals surface area contributed by atoms with E-state index in [0.29, 0.717) is 5.82 Å². The van der Waals surface area contributed by atoms with Gasteiger partial charge in [0.1, 0.15) is 0 Å². The molecule has 6 heteroatoms. The smallest absolute Gasteiger partial charge is 0.315 e. The van der Waals surface area contributed by atoms with E-state index in [1.54, 1.807) is 0 Å². The number of aromatic nitrogens is 2. The Morgan fingerprint density at radius 3 is 2.79 bits per heavy atom. The van der Waals surface area contributed by atoms with Crippen molar-refractivity contribution in [1.82, 2.24) is 20.8 Å². The molecule has 1 aromatic heterocycles. The van der Waals surface area contributed by atoms with Crippen molar-refractivity contribution in [2.45, 2.75) is 32.9 Å². The highest BCUT2D eigenvalue weighted by Crippen LogP contribution is 1.97. The van der Waals surface area contributed by atoms with Gasteiger partial charge >= 0.3 is 6.03 Å². The highest BCUT2D eigenvalue weighted by atomic mass is 16.5. The average molecular weight is 198 g/mol. The number of carbonyl (C=O) groups excluding carboxylic acids is 1. The van der Waals surface area contributed by atoms with Gasteiger partial charge in [-0.3, -0.25) is 0 Å². The average Bonchev–Trinajstić information content (AvgIpc) is 2.49. The van der Waals surface area contributed by atoms with Crippen molar-refractivity contribution >= 4 is 6.03 Å². The Morgan fingerprint density at radius 1 is 1.57 bits per heavy atom. The molecule has 2 N–H and O–H groups in total. The molecule has 0 radical (unpaired) electrons. The molecule has 1 heterocycles. The highest BCUT2D eigenvalue weighted by molar-refractivity contribution is 5.74. The number of nitrogens with one attached hydrogen (secondary N) is 2. The van der Waals surface area contributed by atoms with Crippen LogP contribution in [0, 0.1) is 0 Å². The van der Waals surface area contributed by atoms with E-state index in [-0.39, 0.29) is 18.1 Å². The molecule has 0 saturated carbocycles. The fourth-order valence-electron chi connectivity index (χ4n) is 0.814. The molecule has 0 saturated heterocycles. The molecule has 1 aromatic rings. The van der Waals surface area contributed by atoms with Crippen molar-refractivity contribution in [3.63, 3.8) is 0 Å². The molecule has 14 heavy (non-hydrogen) atoms. The van der Waals surface area contributed by atoms with Gasteiger partial charge in [-0.1, -0.05) is 5.16 Å². The van der Waals surface area contributed by atoms with Crippen LogP contribution in [0.15, 0.2) is 10.9 Å². The van der Waals surface area contributed by atoms with Gasteiger partial charge in [0.05, 0.1) is 6.54 Å². The second-order valence-electron chi connectivity index (χ2n) is 3.91. The number of urea groups is 1. The monoisotopic (exact) mass is 198 g/mol. The van der Waals surface area contributed by atoms with Crippen LogP contribution < -0.4 is 10.6 Å². The zero-order chi connectivity index (χ0) is 10.6. The maximum atomic E-state index is 11.2. The van der Waals surface area contributed by atoms with Crippen LogP contribution in [0.2, 0.25) is 0 Å². The quantitative estimate of drug-likeness (QED) is 0.731. The van der Waals surface area contributed by atoms with E-state index in [2.05, 4.69) is 25.3 Å². The van der Waals surface area contributed by atoms with Gasteiger partial charge < -0.3 is 15.2 Å². The summed E-state index contributed by atoms with van der Waals surface area (Å²) in [5, 5.41) is 8.91.